The molecule has 0 saturated heterocycles. The van der Waals surface area contributed by atoms with E-state index in [1.165, 1.54) is 13.2 Å². The molecule has 0 aromatic heterocycles. The van der Waals surface area contributed by atoms with Crippen LogP contribution in [0.1, 0.15) is 48.4 Å². The van der Waals surface area contributed by atoms with E-state index in [0.717, 1.165) is 5.75 Å². The normalized spacial score (nSPS) is 10.7. The molecule has 7 heteroatoms. The maximum atomic E-state index is 12.9. The number of ether oxygens (including phenoxy) is 3. The van der Waals surface area contributed by atoms with Crippen LogP contribution in [0.15, 0.2) is 66.7 Å². The Morgan fingerprint density at radius 1 is 0.676 bits per heavy atom. The zero-order chi connectivity index (χ0) is 24.7. The molecule has 0 unspecified atom stereocenters. The van der Waals surface area contributed by atoms with Crippen molar-refractivity contribution in [1.29, 1.82) is 0 Å². The second kappa shape index (κ2) is 11.2. The fourth-order valence-corrected chi connectivity index (χ4v) is 3.21. The molecule has 0 spiro atoms. The zero-order valence-corrected chi connectivity index (χ0v) is 20.0. The van der Waals surface area contributed by atoms with Crippen molar-refractivity contribution in [3.63, 3.8) is 0 Å². The van der Waals surface area contributed by atoms with E-state index in [4.69, 9.17) is 14.2 Å². The van der Waals surface area contributed by atoms with Crippen molar-refractivity contribution in [3.05, 3.63) is 77.9 Å². The second-order valence-electron chi connectivity index (χ2n) is 8.21. The highest BCUT2D eigenvalue weighted by Gasteiger charge is 2.17. The third-order valence-electron chi connectivity index (χ3n) is 4.67. The van der Waals surface area contributed by atoms with E-state index in [2.05, 4.69) is 10.6 Å². The Hall–Kier alpha value is -4.00. The lowest BCUT2D eigenvalue weighted by molar-refractivity contribution is 0.102. The van der Waals surface area contributed by atoms with Gasteiger partial charge in [-0.1, -0.05) is 0 Å². The average molecular weight is 463 g/mol. The molecule has 0 radical (unpaired) electrons. The van der Waals surface area contributed by atoms with Crippen LogP contribution in [0.2, 0.25) is 0 Å². The van der Waals surface area contributed by atoms with E-state index in [1.807, 2.05) is 27.7 Å². The summed E-state index contributed by atoms with van der Waals surface area (Å²) in [6.45, 7) is 7.79. The van der Waals surface area contributed by atoms with Gasteiger partial charge in [0.25, 0.3) is 11.8 Å². The lowest BCUT2D eigenvalue weighted by atomic mass is 10.1. The van der Waals surface area contributed by atoms with E-state index in [-0.39, 0.29) is 29.6 Å². The highest BCUT2D eigenvalue weighted by molar-refractivity contribution is 6.10. The number of anilines is 2. The number of amides is 2. The molecule has 2 N–H and O–H groups in total. The van der Waals surface area contributed by atoms with Crippen LogP contribution < -0.4 is 24.8 Å². The predicted octanol–water partition coefficient (Wildman–Crippen LogP) is 5.77. The van der Waals surface area contributed by atoms with Crippen molar-refractivity contribution in [1.82, 2.24) is 0 Å². The van der Waals surface area contributed by atoms with Crippen LogP contribution in [0.5, 0.6) is 17.2 Å². The molecule has 3 rings (SSSR count). The standard InChI is InChI=1S/C27H30N2O5/c1-17(2)33-22-11-7-20(8-12-22)28-26(30)19-6-15-25(32-5)24(16-19)27(31)29-21-9-13-23(14-10-21)34-18(3)4/h6-18H,1-5H3,(H,28,30)(H,29,31). The van der Waals surface area contributed by atoms with Crippen LogP contribution in [0.3, 0.4) is 0 Å². The van der Waals surface area contributed by atoms with Crippen molar-refractivity contribution in [2.24, 2.45) is 0 Å². The van der Waals surface area contributed by atoms with Crippen LogP contribution in [-0.4, -0.2) is 31.1 Å². The lowest BCUT2D eigenvalue weighted by Crippen LogP contribution is -2.16. The van der Waals surface area contributed by atoms with Gasteiger partial charge < -0.3 is 24.8 Å². The Kier molecular flexibility index (Phi) is 8.14. The minimum Gasteiger partial charge on any atom is -0.496 e. The summed E-state index contributed by atoms with van der Waals surface area (Å²) in [5.74, 6) is 1.07. The Labute approximate surface area is 200 Å². The van der Waals surface area contributed by atoms with Gasteiger partial charge in [0.15, 0.2) is 0 Å². The van der Waals surface area contributed by atoms with Crippen LogP contribution in [-0.2, 0) is 0 Å². The molecule has 0 aliphatic carbocycles. The van der Waals surface area contributed by atoms with Crippen molar-refractivity contribution < 1.29 is 23.8 Å². The molecule has 0 aliphatic rings. The average Bonchev–Trinajstić information content (AvgIpc) is 2.80. The van der Waals surface area contributed by atoms with Gasteiger partial charge in [0, 0.05) is 16.9 Å². The molecule has 3 aromatic rings. The molecule has 3 aromatic carbocycles. The fourth-order valence-electron chi connectivity index (χ4n) is 3.21. The maximum absolute atomic E-state index is 12.9. The Balaban J connectivity index is 1.73. The molecular formula is C27H30N2O5. The molecule has 7 nitrogen and oxygen atoms in total. The monoisotopic (exact) mass is 462 g/mol. The fraction of sp³-hybridized carbons (Fsp3) is 0.259. The summed E-state index contributed by atoms with van der Waals surface area (Å²) in [6, 6.07) is 18.9. The SMILES string of the molecule is COc1ccc(C(=O)Nc2ccc(OC(C)C)cc2)cc1C(=O)Nc1ccc(OC(C)C)cc1. The van der Waals surface area contributed by atoms with Crippen molar-refractivity contribution in [2.75, 3.05) is 17.7 Å². The topological polar surface area (TPSA) is 85.9 Å². The molecule has 178 valence electrons. The number of hydrogen-bond acceptors (Lipinski definition) is 5. The largest absolute Gasteiger partial charge is 0.496 e. The molecule has 0 atom stereocenters. The van der Waals surface area contributed by atoms with Crippen LogP contribution in [0, 0.1) is 0 Å². The molecule has 0 aliphatic heterocycles. The first-order chi connectivity index (χ1) is 16.2. The van der Waals surface area contributed by atoms with Crippen LogP contribution >= 0.6 is 0 Å². The predicted molar refractivity (Wildman–Crippen MR) is 133 cm³/mol. The number of rotatable bonds is 9. The van der Waals surface area contributed by atoms with Crippen molar-refractivity contribution in [2.45, 2.75) is 39.9 Å². The van der Waals surface area contributed by atoms with Crippen molar-refractivity contribution in [3.8, 4) is 17.2 Å². The first-order valence-electron chi connectivity index (χ1n) is 11.1. The number of carbonyl (C=O) groups is 2. The van der Waals surface area contributed by atoms with E-state index < -0.39 is 0 Å². The van der Waals surface area contributed by atoms with Crippen LogP contribution in [0.4, 0.5) is 11.4 Å². The van der Waals surface area contributed by atoms with E-state index in [9.17, 15) is 9.59 Å². The molecule has 0 saturated carbocycles. The van der Waals surface area contributed by atoms with Gasteiger partial charge in [-0.25, -0.2) is 0 Å². The van der Waals surface area contributed by atoms with Gasteiger partial charge in [-0.15, -0.1) is 0 Å². The third-order valence-corrected chi connectivity index (χ3v) is 4.67. The molecule has 2 amide bonds. The third kappa shape index (κ3) is 6.75. The van der Waals surface area contributed by atoms with E-state index >= 15 is 0 Å². The Bertz CT molecular complexity index is 1120. The molecule has 0 fully saturated rings. The first-order valence-corrected chi connectivity index (χ1v) is 11.1. The summed E-state index contributed by atoms with van der Waals surface area (Å²) >= 11 is 0. The van der Waals surface area contributed by atoms with Gasteiger partial charge >= 0.3 is 0 Å². The lowest BCUT2D eigenvalue weighted by Gasteiger charge is -2.13. The minimum absolute atomic E-state index is 0.0601. The summed E-state index contributed by atoms with van der Waals surface area (Å²) in [5, 5.41) is 5.66. The highest BCUT2D eigenvalue weighted by Crippen LogP contribution is 2.24. The molecule has 0 bridgehead atoms. The molecule has 0 heterocycles. The summed E-state index contributed by atoms with van der Waals surface area (Å²) in [6.07, 6.45) is 0.125. The van der Waals surface area contributed by atoms with Gasteiger partial charge in [-0.2, -0.15) is 0 Å². The summed E-state index contributed by atoms with van der Waals surface area (Å²) in [7, 11) is 1.48. The number of hydrogen-bond donors (Lipinski definition) is 2. The molecule has 34 heavy (non-hydrogen) atoms. The smallest absolute Gasteiger partial charge is 0.259 e. The number of carbonyl (C=O) groups excluding carboxylic acids is 2. The quantitative estimate of drug-likeness (QED) is 0.421. The zero-order valence-electron chi connectivity index (χ0n) is 20.0. The minimum atomic E-state index is -0.390. The van der Waals surface area contributed by atoms with Crippen LogP contribution in [0.25, 0.3) is 0 Å². The Morgan fingerprint density at radius 2 is 1.15 bits per heavy atom. The van der Waals surface area contributed by atoms with Crippen molar-refractivity contribution >= 4 is 23.2 Å². The summed E-state index contributed by atoms with van der Waals surface area (Å²) < 4.78 is 16.6. The van der Waals surface area contributed by atoms with Gasteiger partial charge in [-0.3, -0.25) is 9.59 Å². The van der Waals surface area contributed by atoms with Gasteiger partial charge in [0.1, 0.15) is 17.2 Å². The summed E-state index contributed by atoms with van der Waals surface area (Å²) in [4.78, 5) is 25.8. The Morgan fingerprint density at radius 3 is 1.59 bits per heavy atom. The van der Waals surface area contributed by atoms with E-state index in [0.29, 0.717) is 28.4 Å². The van der Waals surface area contributed by atoms with Gasteiger partial charge in [-0.05, 0) is 94.4 Å². The number of methoxy groups -OCH3 is 1. The molecular weight excluding hydrogens is 432 g/mol. The number of benzene rings is 3. The van der Waals surface area contributed by atoms with Gasteiger partial charge in [0.2, 0.25) is 0 Å². The summed E-state index contributed by atoms with van der Waals surface area (Å²) in [5.41, 5.74) is 1.79. The van der Waals surface area contributed by atoms with E-state index in [1.54, 1.807) is 60.7 Å². The first kappa shape index (κ1) is 24.6. The number of nitrogens with one attached hydrogen (secondary N) is 2. The maximum Gasteiger partial charge on any atom is 0.259 e. The second-order valence-corrected chi connectivity index (χ2v) is 8.21. The van der Waals surface area contributed by atoms with Gasteiger partial charge in [0.05, 0.1) is 24.9 Å². The highest BCUT2D eigenvalue weighted by atomic mass is 16.5.